The number of anilines is 3. The summed E-state index contributed by atoms with van der Waals surface area (Å²) in [5.74, 6) is -0.646. The lowest BCUT2D eigenvalue weighted by Crippen LogP contribution is -2.41. The molecule has 0 bridgehead atoms. The zero-order valence-electron chi connectivity index (χ0n) is 17.8. The summed E-state index contributed by atoms with van der Waals surface area (Å²) in [6.45, 7) is 4.20. The smallest absolute Gasteiger partial charge is 0.332 e. The maximum Gasteiger partial charge on any atom is 0.332 e. The van der Waals surface area contributed by atoms with E-state index in [2.05, 4.69) is 41.5 Å². The first kappa shape index (κ1) is 22.8. The lowest BCUT2D eigenvalue weighted by atomic mass is 10.0. The molecule has 0 aliphatic rings. The zero-order chi connectivity index (χ0) is 22.7. The van der Waals surface area contributed by atoms with Crippen LogP contribution < -0.4 is 22.3 Å². The number of hydrogen-bond donors (Lipinski definition) is 2. The van der Waals surface area contributed by atoms with Gasteiger partial charge < -0.3 is 11.1 Å². The highest BCUT2D eigenvalue weighted by molar-refractivity contribution is 8.01. The zero-order valence-corrected chi connectivity index (χ0v) is 19.4. The molecular weight excluding hydrogens is 436 g/mol. The van der Waals surface area contributed by atoms with Crippen molar-refractivity contribution in [3.05, 3.63) is 55.7 Å². The van der Waals surface area contributed by atoms with E-state index >= 15 is 0 Å². The molecule has 0 radical (unpaired) electrons. The van der Waals surface area contributed by atoms with Crippen LogP contribution in [0.1, 0.15) is 35.3 Å². The van der Waals surface area contributed by atoms with Gasteiger partial charge in [-0.05, 0) is 24.0 Å². The van der Waals surface area contributed by atoms with Gasteiger partial charge in [0.15, 0.2) is 10.1 Å². The Morgan fingerprint density at radius 2 is 1.77 bits per heavy atom. The van der Waals surface area contributed by atoms with Crippen molar-refractivity contribution < 1.29 is 4.79 Å². The third-order valence-corrected chi connectivity index (χ3v) is 6.92. The lowest BCUT2D eigenvalue weighted by molar-refractivity contribution is 0.102. The van der Waals surface area contributed by atoms with Crippen molar-refractivity contribution in [1.29, 1.82) is 0 Å². The average molecular weight is 461 g/mol. The minimum atomic E-state index is -0.700. The van der Waals surface area contributed by atoms with Crippen LogP contribution >= 0.6 is 23.1 Å². The molecule has 0 fully saturated rings. The third-order valence-electron chi connectivity index (χ3n) is 4.95. The topological polar surface area (TPSA) is 125 Å². The molecule has 0 atom stereocenters. The van der Waals surface area contributed by atoms with Crippen LogP contribution in [0.3, 0.4) is 0 Å². The van der Waals surface area contributed by atoms with Crippen LogP contribution in [-0.2, 0) is 26.9 Å². The SMILES string of the molecule is CCc1cccc(CC)c1Nc1nnc(SCC(=O)c2c(N)n(C)c(=O)n(C)c2=O)s1. The van der Waals surface area contributed by atoms with Crippen LogP contribution in [0, 0.1) is 0 Å². The van der Waals surface area contributed by atoms with E-state index in [1.54, 1.807) is 0 Å². The number of para-hydroxylation sites is 1. The number of hydrogen-bond acceptors (Lipinski definition) is 9. The number of carbonyl (C=O) groups is 1. The van der Waals surface area contributed by atoms with Crippen molar-refractivity contribution in [2.45, 2.75) is 31.0 Å². The minimum Gasteiger partial charge on any atom is -0.384 e. The molecule has 2 aromatic heterocycles. The monoisotopic (exact) mass is 460 g/mol. The molecule has 0 saturated heterocycles. The van der Waals surface area contributed by atoms with Gasteiger partial charge in [0.25, 0.3) is 5.56 Å². The Kier molecular flexibility index (Phi) is 6.96. The molecular formula is C20H24N6O3S2. The number of thioether (sulfide) groups is 1. The molecule has 164 valence electrons. The molecule has 11 heteroatoms. The van der Waals surface area contributed by atoms with Crippen LogP contribution in [0.4, 0.5) is 16.6 Å². The summed E-state index contributed by atoms with van der Waals surface area (Å²) in [6, 6.07) is 6.20. The first-order valence-electron chi connectivity index (χ1n) is 9.71. The largest absolute Gasteiger partial charge is 0.384 e. The number of nitrogens with one attached hydrogen (secondary N) is 1. The molecule has 0 unspecified atom stereocenters. The quantitative estimate of drug-likeness (QED) is 0.388. The lowest BCUT2D eigenvalue weighted by Gasteiger charge is -2.13. The summed E-state index contributed by atoms with van der Waals surface area (Å²) < 4.78 is 2.55. The Hall–Kier alpha value is -2.92. The van der Waals surface area contributed by atoms with Crippen molar-refractivity contribution >= 4 is 45.5 Å². The van der Waals surface area contributed by atoms with Gasteiger partial charge in [0, 0.05) is 19.8 Å². The van der Waals surface area contributed by atoms with Crippen LogP contribution in [0.15, 0.2) is 32.1 Å². The van der Waals surface area contributed by atoms with E-state index in [1.165, 1.54) is 48.3 Å². The number of nitrogens with zero attached hydrogens (tertiary/aromatic N) is 4. The first-order valence-corrected chi connectivity index (χ1v) is 11.5. The highest BCUT2D eigenvalue weighted by atomic mass is 32.2. The van der Waals surface area contributed by atoms with Gasteiger partial charge in [-0.1, -0.05) is 55.1 Å². The van der Waals surface area contributed by atoms with Gasteiger partial charge in [0.05, 0.1) is 5.75 Å². The number of aromatic nitrogens is 4. The molecule has 0 aliphatic carbocycles. The maximum absolute atomic E-state index is 12.7. The summed E-state index contributed by atoms with van der Waals surface area (Å²) in [5, 5.41) is 12.3. The number of rotatable bonds is 8. The fraction of sp³-hybridized carbons (Fsp3) is 0.350. The van der Waals surface area contributed by atoms with Crippen LogP contribution in [-0.4, -0.2) is 30.9 Å². The predicted molar refractivity (Wildman–Crippen MR) is 125 cm³/mol. The number of nitrogen functional groups attached to an aromatic ring is 1. The van der Waals surface area contributed by atoms with E-state index < -0.39 is 17.0 Å². The van der Waals surface area contributed by atoms with Gasteiger partial charge in [-0.15, -0.1) is 10.2 Å². The molecule has 3 N–H and O–H groups in total. The first-order chi connectivity index (χ1) is 14.8. The number of nitrogens with two attached hydrogens (primary N) is 1. The van der Waals surface area contributed by atoms with Gasteiger partial charge in [-0.2, -0.15) is 0 Å². The number of Topliss-reactive ketones (excluding diaryl/α,β-unsaturated/α-hetero) is 1. The molecule has 2 heterocycles. The van der Waals surface area contributed by atoms with Crippen LogP contribution in [0.2, 0.25) is 0 Å². The summed E-state index contributed by atoms with van der Waals surface area (Å²) >= 11 is 2.50. The van der Waals surface area contributed by atoms with E-state index in [0.29, 0.717) is 9.47 Å². The number of ketones is 1. The maximum atomic E-state index is 12.7. The number of aryl methyl sites for hydroxylation is 2. The van der Waals surface area contributed by atoms with E-state index in [1.807, 2.05) is 6.07 Å². The molecule has 0 aliphatic heterocycles. The summed E-state index contributed by atoms with van der Waals surface area (Å²) in [7, 11) is 2.73. The summed E-state index contributed by atoms with van der Waals surface area (Å²) in [6.07, 6.45) is 1.78. The molecule has 31 heavy (non-hydrogen) atoms. The minimum absolute atomic E-state index is 0.0436. The second kappa shape index (κ2) is 9.48. The Balaban J connectivity index is 1.76. The summed E-state index contributed by atoms with van der Waals surface area (Å²) in [5.41, 5.74) is 7.81. The Morgan fingerprint density at radius 1 is 1.13 bits per heavy atom. The van der Waals surface area contributed by atoms with Gasteiger partial charge in [0.1, 0.15) is 11.4 Å². The fourth-order valence-electron chi connectivity index (χ4n) is 3.15. The molecule has 3 aromatic rings. The molecule has 0 saturated carbocycles. The van der Waals surface area contributed by atoms with Gasteiger partial charge in [-0.3, -0.25) is 18.7 Å². The van der Waals surface area contributed by atoms with Gasteiger partial charge >= 0.3 is 5.69 Å². The van der Waals surface area contributed by atoms with Crippen molar-refractivity contribution in [2.24, 2.45) is 14.1 Å². The van der Waals surface area contributed by atoms with Gasteiger partial charge in [0.2, 0.25) is 5.13 Å². The fourth-order valence-corrected chi connectivity index (χ4v) is 4.78. The van der Waals surface area contributed by atoms with E-state index in [9.17, 15) is 14.4 Å². The molecule has 3 rings (SSSR count). The standard InChI is InChI=1S/C20H24N6O3S2/c1-5-11-8-7-9-12(6-2)15(11)22-18-23-24-19(31-18)30-10-13(27)14-16(21)25(3)20(29)26(4)17(14)28/h7-9H,5-6,10,21H2,1-4H3,(H,22,23). The van der Waals surface area contributed by atoms with E-state index in [-0.39, 0.29) is 17.1 Å². The second-order valence-corrected chi connectivity index (χ2v) is 9.03. The van der Waals surface area contributed by atoms with Crippen molar-refractivity contribution in [1.82, 2.24) is 19.3 Å². The average Bonchev–Trinajstić information content (AvgIpc) is 3.22. The highest BCUT2D eigenvalue weighted by Gasteiger charge is 2.21. The van der Waals surface area contributed by atoms with E-state index in [4.69, 9.17) is 5.73 Å². The molecule has 0 amide bonds. The Bertz CT molecular complexity index is 1220. The Labute approximate surface area is 187 Å². The normalized spacial score (nSPS) is 11.0. The molecule has 0 spiro atoms. The highest BCUT2D eigenvalue weighted by Crippen LogP contribution is 2.31. The number of carbonyl (C=O) groups excluding carboxylic acids is 1. The van der Waals surface area contributed by atoms with Crippen LogP contribution in [0.5, 0.6) is 0 Å². The molecule has 1 aromatic carbocycles. The van der Waals surface area contributed by atoms with Gasteiger partial charge in [-0.25, -0.2) is 4.79 Å². The van der Waals surface area contributed by atoms with Crippen molar-refractivity contribution in [3.63, 3.8) is 0 Å². The van der Waals surface area contributed by atoms with Crippen molar-refractivity contribution in [3.8, 4) is 0 Å². The third kappa shape index (κ3) is 4.57. The second-order valence-electron chi connectivity index (χ2n) is 6.83. The molecule has 9 nitrogen and oxygen atoms in total. The Morgan fingerprint density at radius 3 is 2.39 bits per heavy atom. The van der Waals surface area contributed by atoms with Crippen LogP contribution in [0.25, 0.3) is 0 Å². The number of benzene rings is 1. The summed E-state index contributed by atoms with van der Waals surface area (Å²) in [4.78, 5) is 36.9. The van der Waals surface area contributed by atoms with E-state index in [0.717, 1.165) is 27.7 Å². The predicted octanol–water partition coefficient (Wildman–Crippen LogP) is 2.36. The van der Waals surface area contributed by atoms with Crippen molar-refractivity contribution in [2.75, 3.05) is 16.8 Å².